The topological polar surface area (TPSA) is 114 Å². The average Bonchev–Trinajstić information content (AvgIpc) is 3.38. The van der Waals surface area contributed by atoms with Crippen LogP contribution < -0.4 is 10.2 Å². The molecule has 3 atom stereocenters. The first-order chi connectivity index (χ1) is 36.9. The highest BCUT2D eigenvalue weighted by atomic mass is 31.2. The van der Waals surface area contributed by atoms with Gasteiger partial charge in [-0.3, -0.25) is 14.2 Å². The van der Waals surface area contributed by atoms with E-state index in [0.29, 0.717) is 17.4 Å². The van der Waals surface area contributed by atoms with Crippen LogP contribution in [0.1, 0.15) is 310 Å². The van der Waals surface area contributed by atoms with E-state index >= 15 is 0 Å². The van der Waals surface area contributed by atoms with Gasteiger partial charge >= 0.3 is 5.97 Å². The van der Waals surface area contributed by atoms with Crippen LogP contribution in [0, 0.1) is 0 Å². The van der Waals surface area contributed by atoms with Crippen LogP contribution in [0.25, 0.3) is 0 Å². The van der Waals surface area contributed by atoms with Crippen LogP contribution in [0.15, 0.2) is 48.6 Å². The molecule has 9 nitrogen and oxygen atoms in total. The minimum atomic E-state index is -4.70. The van der Waals surface area contributed by atoms with E-state index in [1.807, 2.05) is 33.3 Å². The van der Waals surface area contributed by atoms with E-state index in [2.05, 4.69) is 62.5 Å². The van der Waals surface area contributed by atoms with Gasteiger partial charge in [0.05, 0.1) is 33.8 Å². The fraction of sp³-hybridized carbons (Fsp3) is 0.848. The number of hydrogen-bond acceptors (Lipinski definition) is 7. The zero-order chi connectivity index (χ0) is 55.7. The predicted molar refractivity (Wildman–Crippen MR) is 326 cm³/mol. The smallest absolute Gasteiger partial charge is 0.306 e. The zero-order valence-electron chi connectivity index (χ0n) is 51.0. The lowest BCUT2D eigenvalue weighted by Gasteiger charge is -2.30. The van der Waals surface area contributed by atoms with E-state index in [9.17, 15) is 19.0 Å². The van der Waals surface area contributed by atoms with Crippen LogP contribution in [-0.2, 0) is 27.9 Å². The fourth-order valence-corrected chi connectivity index (χ4v) is 10.2. The van der Waals surface area contributed by atoms with Gasteiger partial charge in [-0.15, -0.1) is 0 Å². The van der Waals surface area contributed by atoms with Crippen molar-refractivity contribution in [2.24, 2.45) is 0 Å². The van der Waals surface area contributed by atoms with Crippen LogP contribution in [0.4, 0.5) is 0 Å². The van der Waals surface area contributed by atoms with E-state index in [0.717, 1.165) is 83.5 Å². The Balaban J connectivity index is 5.03. The largest absolute Gasteiger partial charge is 0.756 e. The summed E-state index contributed by atoms with van der Waals surface area (Å²) in [6.45, 7) is 6.75. The molecule has 76 heavy (non-hydrogen) atoms. The molecule has 0 bridgehead atoms. The summed E-state index contributed by atoms with van der Waals surface area (Å²) < 4.78 is 30.3. The number of carbonyl (C=O) groups is 2. The molecule has 1 N–H and O–H groups in total. The van der Waals surface area contributed by atoms with E-state index in [4.69, 9.17) is 13.8 Å². The average molecular weight is 1090 g/mol. The lowest BCUT2D eigenvalue weighted by Crippen LogP contribution is -2.47. The Labute approximate surface area is 471 Å². The summed E-state index contributed by atoms with van der Waals surface area (Å²) in [4.78, 5) is 40.0. The van der Waals surface area contributed by atoms with Gasteiger partial charge in [0.2, 0.25) is 5.91 Å². The van der Waals surface area contributed by atoms with Crippen LogP contribution in [-0.4, -0.2) is 69.4 Å². The summed E-state index contributed by atoms with van der Waals surface area (Å²) >= 11 is 0. The summed E-state index contributed by atoms with van der Waals surface area (Å²) in [5.41, 5.74) is 0. The van der Waals surface area contributed by atoms with Crippen molar-refractivity contribution in [3.63, 3.8) is 0 Å². The highest BCUT2D eigenvalue weighted by Gasteiger charge is 2.27. The van der Waals surface area contributed by atoms with Gasteiger partial charge in [0.1, 0.15) is 19.3 Å². The Morgan fingerprint density at radius 1 is 0.474 bits per heavy atom. The molecule has 0 aliphatic heterocycles. The molecule has 0 aromatic rings. The number of esters is 1. The molecule has 0 aromatic carbocycles. The minimum Gasteiger partial charge on any atom is -0.756 e. The van der Waals surface area contributed by atoms with E-state index < -0.39 is 20.0 Å². The van der Waals surface area contributed by atoms with Gasteiger partial charge in [-0.25, -0.2) is 0 Å². The first kappa shape index (κ1) is 74.0. The van der Waals surface area contributed by atoms with Gasteiger partial charge in [-0.1, -0.05) is 262 Å². The standard InChI is InChI=1S/C66H125N2O7P/c1-7-10-13-16-19-22-25-27-29-30-31-32-33-34-35-36-37-38-39-41-44-47-50-53-56-59-66(70)75-64(57-54-51-48-45-42-24-21-18-15-12-9-3)63(62-74-76(71,72)73-61-60-68(4,5)6)67-65(69)58-55-52-49-46-43-40-28-26-23-20-17-14-11-8-2/h11,14,20,23,27,29,54,57,63-64H,7-10,12-13,15-19,21-22,24-26,28,30-53,55-56,58-62H2,1-6H3,(H-,67,69,71,72)/b14-11+,23-20+,29-27+,57-54-. The number of likely N-dealkylation sites (N-methyl/N-ethyl adjacent to an activating group) is 1. The second kappa shape index (κ2) is 56.3. The molecule has 446 valence electrons. The lowest BCUT2D eigenvalue weighted by atomic mass is 10.0. The minimum absolute atomic E-state index is 0.0232. The van der Waals surface area contributed by atoms with Gasteiger partial charge < -0.3 is 28.5 Å². The molecule has 0 aromatic heterocycles. The van der Waals surface area contributed by atoms with Crippen molar-refractivity contribution < 1.29 is 37.3 Å². The number of allylic oxidation sites excluding steroid dienone is 7. The van der Waals surface area contributed by atoms with Gasteiger partial charge in [-0.05, 0) is 83.1 Å². The lowest BCUT2D eigenvalue weighted by molar-refractivity contribution is -0.870. The Morgan fingerprint density at radius 3 is 1.26 bits per heavy atom. The predicted octanol–water partition coefficient (Wildman–Crippen LogP) is 19.4. The normalized spacial score (nSPS) is 13.9. The monoisotopic (exact) mass is 1090 g/mol. The number of amides is 1. The van der Waals surface area contributed by atoms with Crippen molar-refractivity contribution in [2.75, 3.05) is 40.9 Å². The molecule has 0 saturated heterocycles. The summed E-state index contributed by atoms with van der Waals surface area (Å²) in [5.74, 6) is -0.541. The number of hydrogen-bond donors (Lipinski definition) is 1. The number of nitrogens with zero attached hydrogens (tertiary/aromatic N) is 1. The summed E-state index contributed by atoms with van der Waals surface area (Å²) in [7, 11) is 1.19. The summed E-state index contributed by atoms with van der Waals surface area (Å²) in [5, 5.41) is 3.02. The van der Waals surface area contributed by atoms with Crippen molar-refractivity contribution in [1.29, 1.82) is 0 Å². The second-order valence-corrected chi connectivity index (χ2v) is 24.6. The molecule has 0 fully saturated rings. The maximum absolute atomic E-state index is 13.5. The van der Waals surface area contributed by atoms with Crippen LogP contribution in [0.2, 0.25) is 0 Å². The number of rotatable bonds is 59. The van der Waals surface area contributed by atoms with Crippen molar-refractivity contribution in [2.45, 2.75) is 322 Å². The van der Waals surface area contributed by atoms with E-state index in [1.54, 1.807) is 0 Å². The Kier molecular flexibility index (Phi) is 54.7. The van der Waals surface area contributed by atoms with E-state index in [-0.39, 0.29) is 31.5 Å². The molecule has 3 unspecified atom stereocenters. The van der Waals surface area contributed by atoms with Gasteiger partial charge in [-0.2, -0.15) is 0 Å². The number of phosphoric ester groups is 1. The first-order valence-electron chi connectivity index (χ1n) is 32.4. The second-order valence-electron chi connectivity index (χ2n) is 23.2. The maximum Gasteiger partial charge on any atom is 0.306 e. The third-order valence-electron chi connectivity index (χ3n) is 14.5. The number of quaternary nitrogens is 1. The van der Waals surface area contributed by atoms with Crippen LogP contribution >= 0.6 is 7.82 Å². The molecular formula is C66H125N2O7P. The molecule has 0 saturated carbocycles. The Hall–Kier alpha value is -2.03. The van der Waals surface area contributed by atoms with E-state index in [1.165, 1.54) is 193 Å². The quantitative estimate of drug-likeness (QED) is 0.0212. The van der Waals surface area contributed by atoms with Gasteiger partial charge in [0.25, 0.3) is 7.82 Å². The number of phosphoric acid groups is 1. The number of nitrogens with one attached hydrogen (secondary N) is 1. The molecular weight excluding hydrogens is 964 g/mol. The van der Waals surface area contributed by atoms with Crippen molar-refractivity contribution in [1.82, 2.24) is 5.32 Å². The third-order valence-corrected chi connectivity index (χ3v) is 15.5. The molecule has 0 heterocycles. The SMILES string of the molecule is CC/C=C/C/C=C/CCCCCCCCCC(=O)NC(COP(=O)([O-])OCC[N+](C)(C)C)C(/C=C\CCCCCCCCCCC)OC(=O)CCCCCCCCCCCCCCCCC/C=C/CCCCCCCC. The molecule has 0 spiro atoms. The zero-order valence-corrected chi connectivity index (χ0v) is 51.9. The molecule has 10 heteroatoms. The van der Waals surface area contributed by atoms with Gasteiger partial charge in [0.15, 0.2) is 0 Å². The van der Waals surface area contributed by atoms with Gasteiger partial charge in [0, 0.05) is 12.8 Å². The molecule has 0 aliphatic carbocycles. The van der Waals surface area contributed by atoms with Crippen LogP contribution in [0.5, 0.6) is 0 Å². The third kappa shape index (κ3) is 56.7. The van der Waals surface area contributed by atoms with Crippen molar-refractivity contribution in [3.8, 4) is 0 Å². The fourth-order valence-electron chi connectivity index (χ4n) is 9.50. The molecule has 1 amide bonds. The number of carbonyl (C=O) groups excluding carboxylic acids is 2. The van der Waals surface area contributed by atoms with Crippen molar-refractivity contribution in [3.05, 3.63) is 48.6 Å². The number of unbranched alkanes of at least 4 members (excludes halogenated alkanes) is 37. The molecule has 0 rings (SSSR count). The molecule has 0 radical (unpaired) electrons. The Morgan fingerprint density at radius 2 is 0.842 bits per heavy atom. The highest BCUT2D eigenvalue weighted by molar-refractivity contribution is 7.45. The summed E-state index contributed by atoms with van der Waals surface area (Å²) in [6.07, 6.45) is 69.5. The number of ether oxygens (including phenoxy) is 1. The first-order valence-corrected chi connectivity index (χ1v) is 33.9. The molecule has 0 aliphatic rings. The van der Waals surface area contributed by atoms with Crippen LogP contribution in [0.3, 0.4) is 0 Å². The van der Waals surface area contributed by atoms with Crippen molar-refractivity contribution >= 4 is 19.7 Å². The highest BCUT2D eigenvalue weighted by Crippen LogP contribution is 2.38. The summed E-state index contributed by atoms with van der Waals surface area (Å²) in [6, 6.07) is -0.890. The maximum atomic E-state index is 13.5. The Bertz CT molecular complexity index is 1440.